The second kappa shape index (κ2) is 9.84. The highest BCUT2D eigenvalue weighted by molar-refractivity contribution is 6.32. The number of H-pyrrole nitrogens is 1. The molecule has 0 aliphatic heterocycles. The number of nitrogens with one attached hydrogen (secondary N) is 2. The highest BCUT2D eigenvalue weighted by atomic mass is 35.5. The van der Waals surface area contributed by atoms with Crippen LogP contribution in [0, 0.1) is 11.8 Å². The Morgan fingerprint density at radius 3 is 2.82 bits per heavy atom. The fourth-order valence-corrected chi connectivity index (χ4v) is 5.19. The van der Waals surface area contributed by atoms with E-state index in [2.05, 4.69) is 25.6 Å². The summed E-state index contributed by atoms with van der Waals surface area (Å²) in [6.07, 6.45) is 14.3. The molecule has 0 aromatic carbocycles. The number of aromatic nitrogens is 6. The fourth-order valence-electron chi connectivity index (χ4n) is 5.00. The molecule has 34 heavy (non-hydrogen) atoms. The average Bonchev–Trinajstić information content (AvgIpc) is 3.18. The summed E-state index contributed by atoms with van der Waals surface area (Å²) in [6, 6.07) is 0.631. The number of nitrogens with zero attached hydrogens (tertiary/aromatic N) is 5. The molecule has 2 atom stereocenters. The molecule has 180 valence electrons. The van der Waals surface area contributed by atoms with Crippen LogP contribution in [0.4, 0.5) is 5.95 Å². The molecule has 3 aromatic heterocycles. The number of anilines is 1. The summed E-state index contributed by atoms with van der Waals surface area (Å²) in [4.78, 5) is 21.5. The number of carbonyl (C=O) groups excluding carboxylic acids is 1. The van der Waals surface area contributed by atoms with Gasteiger partial charge in [-0.25, -0.2) is 9.97 Å². The Morgan fingerprint density at radius 1 is 1.24 bits per heavy atom. The van der Waals surface area contributed by atoms with Crippen LogP contribution in [-0.4, -0.2) is 47.8 Å². The number of halogens is 1. The van der Waals surface area contributed by atoms with Crippen molar-refractivity contribution in [2.45, 2.75) is 63.5 Å². The van der Waals surface area contributed by atoms with Gasteiger partial charge in [-0.05, 0) is 56.8 Å². The molecule has 0 radical (unpaired) electrons. The van der Waals surface area contributed by atoms with E-state index in [4.69, 9.17) is 22.3 Å². The quantitative estimate of drug-likeness (QED) is 0.396. The van der Waals surface area contributed by atoms with Gasteiger partial charge in [-0.2, -0.15) is 10.2 Å². The Bertz CT molecular complexity index is 1140. The molecule has 10 heteroatoms. The van der Waals surface area contributed by atoms with Crippen molar-refractivity contribution >= 4 is 23.3 Å². The zero-order valence-corrected chi connectivity index (χ0v) is 20.1. The third-order valence-corrected chi connectivity index (χ3v) is 7.53. The Morgan fingerprint density at radius 2 is 2.06 bits per heavy atom. The number of aromatic amines is 1. The smallest absolute Gasteiger partial charge is 0.223 e. The van der Waals surface area contributed by atoms with Crippen LogP contribution in [0.15, 0.2) is 24.8 Å². The largest absolute Gasteiger partial charge is 0.351 e. The monoisotopic (exact) mass is 482 g/mol. The molecule has 4 N–H and O–H groups in total. The van der Waals surface area contributed by atoms with E-state index in [1.165, 1.54) is 0 Å². The lowest BCUT2D eigenvalue weighted by atomic mass is 9.92. The van der Waals surface area contributed by atoms with Crippen LogP contribution < -0.4 is 11.1 Å². The minimum atomic E-state index is 0.147. The van der Waals surface area contributed by atoms with Gasteiger partial charge < -0.3 is 11.1 Å². The number of nitrogens with two attached hydrogens (primary N) is 1. The third kappa shape index (κ3) is 5.15. The zero-order valence-electron chi connectivity index (χ0n) is 19.4. The average molecular weight is 483 g/mol. The number of hydrogen-bond acceptors (Lipinski definition) is 7. The molecule has 2 aliphatic carbocycles. The first-order chi connectivity index (χ1) is 16.5. The number of Topliss-reactive ketones (excluding diaryl/α,β-unsaturated/α-hetero) is 1. The van der Waals surface area contributed by atoms with Gasteiger partial charge in [-0.15, -0.1) is 0 Å². The van der Waals surface area contributed by atoms with Crippen LogP contribution in [0.2, 0.25) is 5.02 Å². The van der Waals surface area contributed by atoms with Gasteiger partial charge in [0.25, 0.3) is 0 Å². The van der Waals surface area contributed by atoms with Gasteiger partial charge in [0.1, 0.15) is 0 Å². The first-order valence-electron chi connectivity index (χ1n) is 12.1. The summed E-state index contributed by atoms with van der Waals surface area (Å²) in [5.74, 6) is 1.83. The Hall–Kier alpha value is -2.78. The van der Waals surface area contributed by atoms with E-state index >= 15 is 0 Å². The van der Waals surface area contributed by atoms with Crippen LogP contribution in [0.3, 0.4) is 0 Å². The first kappa shape index (κ1) is 23.0. The minimum absolute atomic E-state index is 0.147. The summed E-state index contributed by atoms with van der Waals surface area (Å²) in [5, 5.41) is 15.0. The molecule has 2 aliphatic rings. The van der Waals surface area contributed by atoms with Crippen molar-refractivity contribution in [3.05, 3.63) is 41.1 Å². The second-order valence-corrected chi connectivity index (χ2v) is 10.1. The van der Waals surface area contributed by atoms with Crippen LogP contribution >= 0.6 is 11.6 Å². The van der Waals surface area contributed by atoms with Crippen LogP contribution in [-0.2, 0) is 13.5 Å². The van der Waals surface area contributed by atoms with Gasteiger partial charge in [0, 0.05) is 43.0 Å². The van der Waals surface area contributed by atoms with E-state index < -0.39 is 0 Å². The van der Waals surface area contributed by atoms with E-state index in [1.807, 2.05) is 17.9 Å². The minimum Gasteiger partial charge on any atom is -0.351 e. The van der Waals surface area contributed by atoms with Gasteiger partial charge in [-0.3, -0.25) is 14.6 Å². The number of carbonyl (C=O) groups is 1. The van der Waals surface area contributed by atoms with Gasteiger partial charge in [-0.1, -0.05) is 11.6 Å². The second-order valence-electron chi connectivity index (χ2n) is 9.68. The molecule has 3 aromatic rings. The number of aryl methyl sites for hydroxylation is 1. The third-order valence-electron chi connectivity index (χ3n) is 7.25. The van der Waals surface area contributed by atoms with Gasteiger partial charge >= 0.3 is 0 Å². The maximum Gasteiger partial charge on any atom is 0.223 e. The van der Waals surface area contributed by atoms with Crippen molar-refractivity contribution in [3.8, 4) is 11.3 Å². The lowest BCUT2D eigenvalue weighted by Gasteiger charge is -2.26. The molecule has 2 unspecified atom stereocenters. The van der Waals surface area contributed by atoms with Crippen LogP contribution in [0.25, 0.3) is 11.3 Å². The molecule has 0 bridgehead atoms. The van der Waals surface area contributed by atoms with Gasteiger partial charge in [0.15, 0.2) is 5.78 Å². The Kier molecular flexibility index (Phi) is 6.65. The Balaban J connectivity index is 1.24. The summed E-state index contributed by atoms with van der Waals surface area (Å²) >= 11 is 6.54. The van der Waals surface area contributed by atoms with E-state index in [9.17, 15) is 4.79 Å². The van der Waals surface area contributed by atoms with E-state index in [1.54, 1.807) is 18.6 Å². The summed E-state index contributed by atoms with van der Waals surface area (Å²) in [6.45, 7) is 0. The van der Waals surface area contributed by atoms with Crippen molar-refractivity contribution < 1.29 is 4.79 Å². The van der Waals surface area contributed by atoms with E-state index in [0.29, 0.717) is 52.6 Å². The maximum absolute atomic E-state index is 12.3. The van der Waals surface area contributed by atoms with E-state index in [0.717, 1.165) is 56.2 Å². The van der Waals surface area contributed by atoms with Crippen LogP contribution in [0.1, 0.15) is 61.0 Å². The lowest BCUT2D eigenvalue weighted by Crippen LogP contribution is -2.33. The van der Waals surface area contributed by atoms with E-state index in [-0.39, 0.29) is 5.78 Å². The summed E-state index contributed by atoms with van der Waals surface area (Å²) in [5.41, 5.74) is 9.46. The van der Waals surface area contributed by atoms with Gasteiger partial charge in [0.2, 0.25) is 5.95 Å². The number of hydrogen-bond donors (Lipinski definition) is 3. The summed E-state index contributed by atoms with van der Waals surface area (Å²) < 4.78 is 1.91. The van der Waals surface area contributed by atoms with Gasteiger partial charge in [0.05, 0.1) is 34.9 Å². The molecule has 0 spiro atoms. The SMILES string of the molecule is Cn1ncc(-c2nc(N[C@H]3CC[C@H](N)CC3)ncc2Cl)c1CC1CC1CCC(=O)c1cn[nH]c1. The predicted octanol–water partition coefficient (Wildman–Crippen LogP) is 3.78. The predicted molar refractivity (Wildman–Crippen MR) is 131 cm³/mol. The molecule has 3 heterocycles. The number of ketones is 1. The van der Waals surface area contributed by atoms with Crippen molar-refractivity contribution in [1.82, 2.24) is 29.9 Å². The molecule has 9 nitrogen and oxygen atoms in total. The van der Waals surface area contributed by atoms with Crippen molar-refractivity contribution in [2.75, 3.05) is 5.32 Å². The Labute approximate surface area is 203 Å². The molecule has 0 saturated heterocycles. The highest BCUT2D eigenvalue weighted by Crippen LogP contribution is 2.45. The standard InChI is InChI=1S/C24H31ClN8O/c1-33-21(9-15-8-14(15)2-7-22(34)16-10-28-29-11-16)19(12-30-33)23-20(25)13-27-24(32-23)31-18-5-3-17(26)4-6-18/h10-15,17-18H,2-9,26H2,1H3,(H,28,29)(H,27,31,32)/t14?,15?,17-,18-. The van der Waals surface area contributed by atoms with Crippen molar-refractivity contribution in [1.29, 1.82) is 0 Å². The molecule has 2 fully saturated rings. The van der Waals surface area contributed by atoms with Crippen LogP contribution in [0.5, 0.6) is 0 Å². The van der Waals surface area contributed by atoms with Crippen molar-refractivity contribution in [3.63, 3.8) is 0 Å². The summed E-state index contributed by atoms with van der Waals surface area (Å²) in [7, 11) is 1.96. The molecule has 5 rings (SSSR count). The number of rotatable bonds is 9. The lowest BCUT2D eigenvalue weighted by molar-refractivity contribution is 0.0977. The molecule has 2 saturated carbocycles. The molecule has 0 amide bonds. The maximum atomic E-state index is 12.3. The van der Waals surface area contributed by atoms with Crippen molar-refractivity contribution in [2.24, 2.45) is 24.6 Å². The molecular formula is C24H31ClN8O. The first-order valence-corrected chi connectivity index (χ1v) is 12.4. The zero-order chi connectivity index (χ0) is 23.7. The topological polar surface area (TPSA) is 127 Å². The fraction of sp³-hybridized carbons (Fsp3) is 0.542. The highest BCUT2D eigenvalue weighted by Gasteiger charge is 2.38. The molecular weight excluding hydrogens is 452 g/mol. The normalized spacial score (nSPS) is 24.2.